The Hall–Kier alpha value is -3.67. The summed E-state index contributed by atoms with van der Waals surface area (Å²) < 4.78 is 2.00. The molecule has 0 fully saturated rings. The van der Waals surface area contributed by atoms with Crippen LogP contribution in [0.2, 0.25) is 5.02 Å². The number of anilines is 1. The molecule has 9 heteroatoms. The van der Waals surface area contributed by atoms with E-state index < -0.39 is 0 Å². The molecule has 4 rings (SSSR count). The van der Waals surface area contributed by atoms with Gasteiger partial charge in [0.25, 0.3) is 0 Å². The van der Waals surface area contributed by atoms with Gasteiger partial charge in [0.2, 0.25) is 5.91 Å². The lowest BCUT2D eigenvalue weighted by molar-refractivity contribution is -0.115. The van der Waals surface area contributed by atoms with Gasteiger partial charge in [-0.3, -0.25) is 14.3 Å². The summed E-state index contributed by atoms with van der Waals surface area (Å²) in [5.74, 6) is 1.07. The van der Waals surface area contributed by atoms with E-state index in [1.165, 1.54) is 22.9 Å². The lowest BCUT2D eigenvalue weighted by Crippen LogP contribution is -2.12. The number of amides is 1. The maximum Gasteiger partial charge on any atom is 0.225 e. The monoisotopic (exact) mass is 488 g/mol. The van der Waals surface area contributed by atoms with E-state index in [0.717, 1.165) is 11.3 Å². The first kappa shape index (κ1) is 23.5. The zero-order valence-corrected chi connectivity index (χ0v) is 20.2. The van der Waals surface area contributed by atoms with E-state index in [0.29, 0.717) is 33.0 Å². The van der Waals surface area contributed by atoms with Crippen molar-refractivity contribution in [1.82, 2.24) is 19.7 Å². The van der Waals surface area contributed by atoms with Crippen molar-refractivity contribution in [2.45, 2.75) is 25.4 Å². The standard InChI is InChI=1S/C25H21ClN6OS/c1-16-3-6-21(13-17(16)2)32-24(18-7-10-28-11-8-18)30-31-25(32)34-12-9-23(33)29-20-5-4-19(15-27)22(26)14-20/h3-8,10-11,13-14H,9,12H2,1-2H3,(H,29,33). The summed E-state index contributed by atoms with van der Waals surface area (Å²) in [4.78, 5) is 16.5. The molecule has 4 aromatic rings. The highest BCUT2D eigenvalue weighted by Crippen LogP contribution is 2.29. The van der Waals surface area contributed by atoms with Crippen molar-refractivity contribution in [3.05, 3.63) is 82.6 Å². The Morgan fingerprint density at radius 3 is 2.59 bits per heavy atom. The fourth-order valence-electron chi connectivity index (χ4n) is 3.29. The van der Waals surface area contributed by atoms with E-state index >= 15 is 0 Å². The largest absolute Gasteiger partial charge is 0.326 e. The molecule has 1 N–H and O–H groups in total. The lowest BCUT2D eigenvalue weighted by Gasteiger charge is -2.12. The molecular weight excluding hydrogens is 468 g/mol. The maximum absolute atomic E-state index is 12.4. The summed E-state index contributed by atoms with van der Waals surface area (Å²) in [6.45, 7) is 4.15. The summed E-state index contributed by atoms with van der Waals surface area (Å²) in [6.07, 6.45) is 3.72. The van der Waals surface area contributed by atoms with Crippen LogP contribution in [0.25, 0.3) is 17.1 Å². The van der Waals surface area contributed by atoms with Crippen LogP contribution in [-0.4, -0.2) is 31.4 Å². The van der Waals surface area contributed by atoms with Gasteiger partial charge < -0.3 is 5.32 Å². The summed E-state index contributed by atoms with van der Waals surface area (Å²) in [5, 5.41) is 21.6. The number of thioether (sulfide) groups is 1. The van der Waals surface area contributed by atoms with Crippen LogP contribution in [0.5, 0.6) is 0 Å². The third kappa shape index (κ3) is 5.28. The Labute approximate surface area is 206 Å². The molecule has 0 radical (unpaired) electrons. The summed E-state index contributed by atoms with van der Waals surface area (Å²) in [5.41, 5.74) is 5.16. The van der Waals surface area contributed by atoms with E-state index in [-0.39, 0.29) is 12.3 Å². The molecule has 2 aromatic heterocycles. The van der Waals surface area contributed by atoms with Crippen LogP contribution < -0.4 is 5.32 Å². The number of nitriles is 1. The quantitative estimate of drug-likeness (QED) is 0.340. The molecule has 0 saturated carbocycles. The van der Waals surface area contributed by atoms with Gasteiger partial charge in [-0.25, -0.2) is 0 Å². The smallest absolute Gasteiger partial charge is 0.225 e. The minimum atomic E-state index is -0.153. The van der Waals surface area contributed by atoms with E-state index in [9.17, 15) is 4.79 Å². The van der Waals surface area contributed by atoms with Crippen molar-refractivity contribution in [3.8, 4) is 23.1 Å². The zero-order valence-electron chi connectivity index (χ0n) is 18.6. The molecule has 0 saturated heterocycles. The maximum atomic E-state index is 12.4. The average Bonchev–Trinajstić information content (AvgIpc) is 3.25. The second-order valence-corrected chi connectivity index (χ2v) is 9.07. The molecule has 1 amide bonds. The number of aryl methyl sites for hydroxylation is 2. The topological polar surface area (TPSA) is 96.5 Å². The highest BCUT2D eigenvalue weighted by atomic mass is 35.5. The number of hydrogen-bond donors (Lipinski definition) is 1. The van der Waals surface area contributed by atoms with Crippen LogP contribution in [-0.2, 0) is 4.79 Å². The molecule has 2 heterocycles. The van der Waals surface area contributed by atoms with Crippen molar-refractivity contribution in [2.75, 3.05) is 11.1 Å². The molecule has 0 atom stereocenters. The van der Waals surface area contributed by atoms with E-state index in [2.05, 4.69) is 46.5 Å². The Bertz CT molecular complexity index is 1380. The summed E-state index contributed by atoms with van der Waals surface area (Å²) in [7, 11) is 0. The van der Waals surface area contributed by atoms with Gasteiger partial charge in [-0.2, -0.15) is 5.26 Å². The minimum Gasteiger partial charge on any atom is -0.326 e. The average molecular weight is 489 g/mol. The number of benzene rings is 2. The molecule has 170 valence electrons. The van der Waals surface area contributed by atoms with Crippen molar-refractivity contribution < 1.29 is 4.79 Å². The third-order valence-electron chi connectivity index (χ3n) is 5.25. The summed E-state index contributed by atoms with van der Waals surface area (Å²) in [6, 6.07) is 16.8. The number of nitrogens with one attached hydrogen (secondary N) is 1. The zero-order chi connectivity index (χ0) is 24.1. The molecule has 0 bridgehead atoms. The molecule has 34 heavy (non-hydrogen) atoms. The van der Waals surface area contributed by atoms with Gasteiger partial charge >= 0.3 is 0 Å². The predicted octanol–water partition coefficient (Wildman–Crippen LogP) is 5.59. The van der Waals surface area contributed by atoms with E-state index in [1.54, 1.807) is 30.6 Å². The number of nitrogens with zero attached hydrogens (tertiary/aromatic N) is 5. The van der Waals surface area contributed by atoms with Crippen LogP contribution in [0.3, 0.4) is 0 Å². The SMILES string of the molecule is Cc1ccc(-n2c(SCCC(=O)Nc3ccc(C#N)c(Cl)c3)nnc2-c2ccncc2)cc1C. The van der Waals surface area contributed by atoms with E-state index in [4.69, 9.17) is 16.9 Å². The van der Waals surface area contributed by atoms with Crippen molar-refractivity contribution in [3.63, 3.8) is 0 Å². The van der Waals surface area contributed by atoms with Crippen molar-refractivity contribution in [2.24, 2.45) is 0 Å². The minimum absolute atomic E-state index is 0.153. The lowest BCUT2D eigenvalue weighted by atomic mass is 10.1. The molecule has 0 spiro atoms. The van der Waals surface area contributed by atoms with Gasteiger partial charge in [0.1, 0.15) is 6.07 Å². The van der Waals surface area contributed by atoms with Gasteiger partial charge in [-0.15, -0.1) is 10.2 Å². The first-order valence-electron chi connectivity index (χ1n) is 10.5. The molecule has 7 nitrogen and oxygen atoms in total. The predicted molar refractivity (Wildman–Crippen MR) is 134 cm³/mol. The van der Waals surface area contributed by atoms with Crippen molar-refractivity contribution >= 4 is 35.0 Å². The number of pyridine rings is 1. The second-order valence-electron chi connectivity index (χ2n) is 7.60. The van der Waals surface area contributed by atoms with Crippen molar-refractivity contribution in [1.29, 1.82) is 5.26 Å². The third-order valence-corrected chi connectivity index (χ3v) is 6.50. The Morgan fingerprint density at radius 2 is 1.88 bits per heavy atom. The second kappa shape index (κ2) is 10.5. The summed E-state index contributed by atoms with van der Waals surface area (Å²) >= 11 is 7.51. The number of halogens is 1. The number of hydrogen-bond acceptors (Lipinski definition) is 6. The fraction of sp³-hybridized carbons (Fsp3) is 0.160. The Morgan fingerprint density at radius 1 is 1.09 bits per heavy atom. The van der Waals surface area contributed by atoms with Gasteiger partial charge in [-0.1, -0.05) is 29.4 Å². The van der Waals surface area contributed by atoms with Gasteiger partial charge in [-0.05, 0) is 67.4 Å². The first-order valence-corrected chi connectivity index (χ1v) is 11.9. The van der Waals surface area contributed by atoms with Crippen LogP contribution in [0.4, 0.5) is 5.69 Å². The van der Waals surface area contributed by atoms with Gasteiger partial charge in [0, 0.05) is 35.8 Å². The molecule has 2 aromatic carbocycles. The number of carbonyl (C=O) groups is 1. The normalized spacial score (nSPS) is 10.6. The Balaban J connectivity index is 1.51. The fourth-order valence-corrected chi connectivity index (χ4v) is 4.40. The van der Waals surface area contributed by atoms with Gasteiger partial charge in [0.15, 0.2) is 11.0 Å². The van der Waals surface area contributed by atoms with E-state index in [1.807, 2.05) is 28.8 Å². The van der Waals surface area contributed by atoms with Crippen LogP contribution in [0, 0.1) is 25.2 Å². The molecular formula is C25H21ClN6OS. The molecule has 0 aliphatic heterocycles. The number of carbonyl (C=O) groups excluding carboxylic acids is 1. The van der Waals surface area contributed by atoms with Crippen LogP contribution in [0.1, 0.15) is 23.1 Å². The first-order chi connectivity index (χ1) is 16.5. The Kier molecular flexibility index (Phi) is 7.26. The van der Waals surface area contributed by atoms with Crippen LogP contribution >= 0.6 is 23.4 Å². The number of aromatic nitrogens is 4. The highest BCUT2D eigenvalue weighted by molar-refractivity contribution is 7.99. The molecule has 0 aliphatic rings. The molecule has 0 aliphatic carbocycles. The van der Waals surface area contributed by atoms with Gasteiger partial charge in [0.05, 0.1) is 16.3 Å². The highest BCUT2D eigenvalue weighted by Gasteiger charge is 2.17. The number of rotatable bonds is 7. The van der Waals surface area contributed by atoms with Crippen LogP contribution in [0.15, 0.2) is 66.1 Å². The molecule has 0 unspecified atom stereocenters.